The molecule has 220 valence electrons. The number of carbonyl (C=O) groups excluding carboxylic acids is 1. The predicted octanol–water partition coefficient (Wildman–Crippen LogP) is 3.75. The maximum atomic E-state index is 14.0. The van der Waals surface area contributed by atoms with Gasteiger partial charge in [0, 0.05) is 25.2 Å². The molecule has 10 nitrogen and oxygen atoms in total. The summed E-state index contributed by atoms with van der Waals surface area (Å²) < 4.78 is 47.5. The van der Waals surface area contributed by atoms with Gasteiger partial charge in [0.05, 0.1) is 35.2 Å². The van der Waals surface area contributed by atoms with E-state index in [0.717, 1.165) is 23.8 Å². The number of anilines is 2. The van der Waals surface area contributed by atoms with Crippen LogP contribution in [0.4, 0.5) is 24.5 Å². The lowest BCUT2D eigenvalue weighted by molar-refractivity contribution is -0.137. The van der Waals surface area contributed by atoms with E-state index in [1.54, 1.807) is 4.57 Å². The summed E-state index contributed by atoms with van der Waals surface area (Å²) in [6.07, 6.45) is -1.70. The minimum absolute atomic E-state index is 0.00364. The maximum absolute atomic E-state index is 14.0. The molecule has 0 radical (unpaired) electrons. The molecule has 5 rings (SSSR count). The Hall–Kier alpha value is -3.42. The van der Waals surface area contributed by atoms with Crippen molar-refractivity contribution < 1.29 is 22.7 Å². The van der Waals surface area contributed by atoms with Gasteiger partial charge in [-0.05, 0) is 50.5 Å². The number of nitrogens with zero attached hydrogens (tertiary/aromatic N) is 5. The summed E-state index contributed by atoms with van der Waals surface area (Å²) in [5, 5.41) is 10.3. The van der Waals surface area contributed by atoms with Gasteiger partial charge in [0.1, 0.15) is 12.2 Å². The first kappa shape index (κ1) is 29.1. The van der Waals surface area contributed by atoms with Gasteiger partial charge in [0.15, 0.2) is 5.82 Å². The Morgan fingerprint density at radius 1 is 1.29 bits per heavy atom. The zero-order valence-electron chi connectivity index (χ0n) is 22.9. The van der Waals surface area contributed by atoms with Crippen LogP contribution < -0.4 is 21.1 Å². The number of hydrogen-bond acceptors (Lipinski definition) is 7. The number of alkyl halides is 3. The van der Waals surface area contributed by atoms with Crippen molar-refractivity contribution in [3.8, 4) is 0 Å². The van der Waals surface area contributed by atoms with Crippen molar-refractivity contribution in [2.24, 2.45) is 0 Å². The molecular weight excluding hydrogens is 563 g/mol. The zero-order valence-corrected chi connectivity index (χ0v) is 23.6. The van der Waals surface area contributed by atoms with Gasteiger partial charge in [-0.25, -0.2) is 0 Å². The van der Waals surface area contributed by atoms with E-state index in [1.807, 2.05) is 31.7 Å². The zero-order chi connectivity index (χ0) is 29.5. The molecule has 0 unspecified atom stereocenters. The quantitative estimate of drug-likeness (QED) is 0.448. The Balaban J connectivity index is 1.60. The van der Waals surface area contributed by atoms with Crippen LogP contribution >= 0.6 is 11.6 Å². The van der Waals surface area contributed by atoms with Crippen LogP contribution in [0.5, 0.6) is 0 Å². The number of fused-ring (bicyclic) bond motifs is 1. The van der Waals surface area contributed by atoms with Crippen LogP contribution in [0.2, 0.25) is 5.02 Å². The summed E-state index contributed by atoms with van der Waals surface area (Å²) in [5.41, 5.74) is 0.690. The fraction of sp³-hybridized carbons (Fsp3) is 0.481. The van der Waals surface area contributed by atoms with E-state index in [1.165, 1.54) is 4.52 Å². The molecule has 2 atom stereocenters. The third-order valence-electron chi connectivity index (χ3n) is 7.33. The molecule has 1 amide bonds. The molecule has 3 aromatic rings. The predicted molar refractivity (Wildman–Crippen MR) is 149 cm³/mol. The van der Waals surface area contributed by atoms with Crippen LogP contribution in [-0.4, -0.2) is 63.5 Å². The Kier molecular flexibility index (Phi) is 8.13. The number of rotatable bonds is 6. The maximum Gasteiger partial charge on any atom is 0.416 e. The topological polar surface area (TPSA) is 106 Å². The SMILES string of the molecule is CCc1c(N2C[C@@H](C)NC[C@@H]2C)c(=O)n2nc(C3=CCOCC3)nc2n1CC(=O)Nc1ccc(C(F)(F)F)cc1Cl. The largest absolute Gasteiger partial charge is 0.416 e. The van der Waals surface area contributed by atoms with Gasteiger partial charge in [0.25, 0.3) is 5.56 Å². The minimum Gasteiger partial charge on any atom is -0.377 e. The molecule has 0 bridgehead atoms. The van der Waals surface area contributed by atoms with Crippen molar-refractivity contribution in [2.75, 3.05) is 36.5 Å². The first-order chi connectivity index (χ1) is 19.5. The van der Waals surface area contributed by atoms with Crippen molar-refractivity contribution >= 4 is 40.2 Å². The molecule has 0 saturated carbocycles. The van der Waals surface area contributed by atoms with E-state index < -0.39 is 17.6 Å². The number of benzene rings is 1. The Morgan fingerprint density at radius 3 is 2.73 bits per heavy atom. The monoisotopic (exact) mass is 593 g/mol. The van der Waals surface area contributed by atoms with E-state index in [-0.39, 0.29) is 40.7 Å². The third-order valence-corrected chi connectivity index (χ3v) is 7.65. The number of carbonyl (C=O) groups is 1. The van der Waals surface area contributed by atoms with Crippen molar-refractivity contribution in [1.82, 2.24) is 24.5 Å². The summed E-state index contributed by atoms with van der Waals surface area (Å²) in [7, 11) is 0. The number of aromatic nitrogens is 4. The lowest BCUT2D eigenvalue weighted by Crippen LogP contribution is -2.56. The van der Waals surface area contributed by atoms with Gasteiger partial charge in [0.2, 0.25) is 11.7 Å². The van der Waals surface area contributed by atoms with Gasteiger partial charge >= 0.3 is 6.18 Å². The molecule has 1 fully saturated rings. The smallest absolute Gasteiger partial charge is 0.377 e. The van der Waals surface area contributed by atoms with Crippen molar-refractivity contribution in [3.63, 3.8) is 0 Å². The molecule has 2 aromatic heterocycles. The number of amides is 1. The van der Waals surface area contributed by atoms with Crippen molar-refractivity contribution in [2.45, 2.75) is 58.4 Å². The highest BCUT2D eigenvalue weighted by molar-refractivity contribution is 6.33. The lowest BCUT2D eigenvalue weighted by atomic mass is 10.1. The molecule has 0 spiro atoms. The van der Waals surface area contributed by atoms with Gasteiger partial charge in [-0.1, -0.05) is 24.6 Å². The molecule has 2 aliphatic heterocycles. The Morgan fingerprint density at radius 2 is 2.07 bits per heavy atom. The van der Waals surface area contributed by atoms with E-state index in [9.17, 15) is 22.8 Å². The average molecular weight is 594 g/mol. The van der Waals surface area contributed by atoms with E-state index in [2.05, 4.69) is 20.7 Å². The van der Waals surface area contributed by atoms with E-state index >= 15 is 0 Å². The fourth-order valence-corrected chi connectivity index (χ4v) is 5.45. The number of piperazine rings is 1. The van der Waals surface area contributed by atoms with Gasteiger partial charge in [-0.2, -0.15) is 22.7 Å². The normalized spacial score (nSPS) is 19.9. The second kappa shape index (κ2) is 11.5. The summed E-state index contributed by atoms with van der Waals surface area (Å²) >= 11 is 6.08. The Labute approximate surface area is 239 Å². The number of halogens is 4. The van der Waals surface area contributed by atoms with Crippen LogP contribution in [0.25, 0.3) is 11.4 Å². The molecule has 0 aliphatic carbocycles. The van der Waals surface area contributed by atoms with E-state index in [0.29, 0.717) is 56.4 Å². The molecule has 2 N–H and O–H groups in total. The second-order valence-corrected chi connectivity index (χ2v) is 10.7. The van der Waals surface area contributed by atoms with Crippen molar-refractivity contribution in [3.05, 3.63) is 56.7 Å². The second-order valence-electron chi connectivity index (χ2n) is 10.3. The molecular formula is C27H31ClF3N7O3. The molecule has 14 heteroatoms. The first-order valence-electron chi connectivity index (χ1n) is 13.4. The highest BCUT2D eigenvalue weighted by atomic mass is 35.5. The third kappa shape index (κ3) is 5.84. The minimum atomic E-state index is -4.57. The van der Waals surface area contributed by atoms with E-state index in [4.69, 9.17) is 16.3 Å². The highest BCUT2D eigenvalue weighted by Gasteiger charge is 2.32. The summed E-state index contributed by atoms with van der Waals surface area (Å²) in [5.74, 6) is 0.0307. The Bertz CT molecular complexity index is 1570. The molecule has 2 aliphatic rings. The number of hydrogen-bond donors (Lipinski definition) is 2. The van der Waals surface area contributed by atoms with Gasteiger partial charge in [-0.15, -0.1) is 5.10 Å². The van der Waals surface area contributed by atoms with Crippen LogP contribution in [0, 0.1) is 0 Å². The average Bonchev–Trinajstić information content (AvgIpc) is 3.39. The number of nitrogens with one attached hydrogen (secondary N) is 2. The van der Waals surface area contributed by atoms with Crippen LogP contribution in [0.1, 0.15) is 44.3 Å². The summed E-state index contributed by atoms with van der Waals surface area (Å²) in [6.45, 7) is 7.84. The fourth-order valence-electron chi connectivity index (χ4n) is 5.23. The lowest BCUT2D eigenvalue weighted by Gasteiger charge is -2.39. The summed E-state index contributed by atoms with van der Waals surface area (Å²) in [6, 6.07) is 2.86. The molecule has 1 aromatic carbocycles. The molecule has 4 heterocycles. The molecule has 41 heavy (non-hydrogen) atoms. The highest BCUT2D eigenvalue weighted by Crippen LogP contribution is 2.34. The summed E-state index contributed by atoms with van der Waals surface area (Å²) in [4.78, 5) is 34.0. The molecule has 1 saturated heterocycles. The van der Waals surface area contributed by atoms with Crippen LogP contribution in [-0.2, 0) is 28.7 Å². The van der Waals surface area contributed by atoms with Crippen molar-refractivity contribution in [1.29, 1.82) is 0 Å². The first-order valence-corrected chi connectivity index (χ1v) is 13.8. The standard InChI is InChI=1S/C27H31ClF3N7O3/c1-4-21-23(36-13-15(2)32-12-16(36)3)25(40)38-26(34-24(35-38)17-7-9-41-10-8-17)37(21)14-22(39)33-20-6-5-18(11-19(20)28)27(29,30)31/h5-7,11,15-16,32H,4,8-10,12-14H2,1-3H3,(H,33,39)/t15-,16+/m1/s1. The van der Waals surface area contributed by atoms with Crippen LogP contribution in [0.3, 0.4) is 0 Å². The van der Waals surface area contributed by atoms with Gasteiger partial charge < -0.3 is 24.8 Å². The van der Waals surface area contributed by atoms with Gasteiger partial charge in [-0.3, -0.25) is 9.59 Å². The number of ether oxygens (including phenoxy) is 1. The van der Waals surface area contributed by atoms with Crippen LogP contribution in [0.15, 0.2) is 29.1 Å².